The predicted octanol–water partition coefficient (Wildman–Crippen LogP) is 1.61. The average Bonchev–Trinajstić information content (AvgIpc) is 2.29. The van der Waals surface area contributed by atoms with Gasteiger partial charge in [0, 0.05) is 11.6 Å². The van der Waals surface area contributed by atoms with Crippen molar-refractivity contribution in [2.24, 2.45) is 5.92 Å². The van der Waals surface area contributed by atoms with E-state index in [1.807, 2.05) is 13.8 Å². The molecule has 0 saturated carbocycles. The van der Waals surface area contributed by atoms with Crippen LogP contribution >= 0.6 is 11.6 Å². The highest BCUT2D eigenvalue weighted by atomic mass is 35.5. The Morgan fingerprint density at radius 2 is 2.05 bits per heavy atom. The first-order chi connectivity index (χ1) is 8.72. The summed E-state index contributed by atoms with van der Waals surface area (Å²) in [5.74, 6) is 0.288. The molecule has 0 bridgehead atoms. The normalized spacial score (nSPS) is 13.7. The Kier molecular flexibility index (Phi) is 5.61. The summed E-state index contributed by atoms with van der Waals surface area (Å²) in [4.78, 5) is -0.0725. The summed E-state index contributed by atoms with van der Waals surface area (Å²) in [5, 5.41) is 9.96. The first-order valence-corrected chi connectivity index (χ1v) is 7.81. The predicted molar refractivity (Wildman–Crippen MR) is 76.5 cm³/mol. The Balaban J connectivity index is 2.79. The smallest absolute Gasteiger partial charge is 0.242 e. The van der Waals surface area contributed by atoms with Crippen LogP contribution in [0.25, 0.3) is 0 Å². The molecule has 0 aliphatic rings. The minimum absolute atomic E-state index is 0.0491. The molecule has 1 aromatic carbocycles. The molecule has 5 nitrogen and oxygen atoms in total. The lowest BCUT2D eigenvalue weighted by molar-refractivity contribution is 0.152. The first kappa shape index (κ1) is 16.2. The van der Waals surface area contributed by atoms with E-state index in [-0.39, 0.29) is 28.1 Å². The fraction of sp³-hybridized carbons (Fsp3) is 0.500. The van der Waals surface area contributed by atoms with Gasteiger partial charge in [0.1, 0.15) is 4.90 Å². The van der Waals surface area contributed by atoms with Gasteiger partial charge in [0.25, 0.3) is 0 Å². The molecule has 1 atom stereocenters. The van der Waals surface area contributed by atoms with Gasteiger partial charge in [-0.1, -0.05) is 25.4 Å². The number of anilines is 1. The molecule has 108 valence electrons. The van der Waals surface area contributed by atoms with E-state index in [0.717, 1.165) is 0 Å². The lowest BCUT2D eigenvalue weighted by Gasteiger charge is -2.15. The number of aliphatic hydroxyl groups is 1. The van der Waals surface area contributed by atoms with Gasteiger partial charge in [-0.25, -0.2) is 13.1 Å². The lowest BCUT2D eigenvalue weighted by Crippen LogP contribution is -2.33. The van der Waals surface area contributed by atoms with Crippen molar-refractivity contribution in [3.63, 3.8) is 0 Å². The van der Waals surface area contributed by atoms with Gasteiger partial charge in [0.05, 0.1) is 11.8 Å². The van der Waals surface area contributed by atoms with Crippen molar-refractivity contribution in [2.45, 2.75) is 31.3 Å². The summed E-state index contributed by atoms with van der Waals surface area (Å²) in [5.41, 5.74) is 5.74. The van der Waals surface area contributed by atoms with Gasteiger partial charge in [-0.3, -0.25) is 0 Å². The van der Waals surface area contributed by atoms with Crippen LogP contribution in [-0.2, 0) is 10.0 Å². The Morgan fingerprint density at radius 1 is 1.42 bits per heavy atom. The minimum Gasteiger partial charge on any atom is -0.398 e. The first-order valence-electron chi connectivity index (χ1n) is 5.95. The zero-order chi connectivity index (χ0) is 14.6. The van der Waals surface area contributed by atoms with Gasteiger partial charge < -0.3 is 10.8 Å². The summed E-state index contributed by atoms with van der Waals surface area (Å²) in [6.45, 7) is 3.85. The minimum atomic E-state index is -3.76. The van der Waals surface area contributed by atoms with E-state index in [0.29, 0.717) is 6.42 Å². The molecule has 4 N–H and O–H groups in total. The number of hydrogen-bond acceptors (Lipinski definition) is 4. The average molecular weight is 307 g/mol. The third-order valence-electron chi connectivity index (χ3n) is 2.52. The maximum Gasteiger partial charge on any atom is 0.242 e. The second-order valence-electron chi connectivity index (χ2n) is 4.82. The summed E-state index contributed by atoms with van der Waals surface area (Å²) < 4.78 is 26.4. The number of rotatable bonds is 6. The van der Waals surface area contributed by atoms with Crippen LogP contribution < -0.4 is 10.5 Å². The van der Waals surface area contributed by atoms with Crippen molar-refractivity contribution < 1.29 is 13.5 Å². The fourth-order valence-electron chi connectivity index (χ4n) is 1.65. The molecule has 0 saturated heterocycles. The lowest BCUT2D eigenvalue weighted by atomic mass is 10.1. The quantitative estimate of drug-likeness (QED) is 0.696. The van der Waals surface area contributed by atoms with Crippen LogP contribution in [0.15, 0.2) is 23.1 Å². The number of benzene rings is 1. The molecule has 0 aliphatic carbocycles. The monoisotopic (exact) mass is 306 g/mol. The van der Waals surface area contributed by atoms with Crippen LogP contribution in [0.1, 0.15) is 20.3 Å². The Bertz CT molecular complexity index is 532. The summed E-state index contributed by atoms with van der Waals surface area (Å²) in [7, 11) is -3.76. The van der Waals surface area contributed by atoms with Crippen LogP contribution in [0.3, 0.4) is 0 Å². The number of nitrogens with two attached hydrogens (primary N) is 1. The molecular formula is C12H19ClN2O3S. The number of hydrogen-bond donors (Lipinski definition) is 3. The SMILES string of the molecule is CC(C)CC(O)CNS(=O)(=O)c1cc(Cl)ccc1N. The number of aliphatic hydroxyl groups excluding tert-OH is 1. The molecule has 1 unspecified atom stereocenters. The van der Waals surface area contributed by atoms with Gasteiger partial charge in [0.2, 0.25) is 10.0 Å². The zero-order valence-corrected chi connectivity index (χ0v) is 12.5. The second kappa shape index (κ2) is 6.56. The fourth-order valence-corrected chi connectivity index (χ4v) is 3.12. The van der Waals surface area contributed by atoms with Crippen molar-refractivity contribution >= 4 is 27.3 Å². The second-order valence-corrected chi connectivity index (χ2v) is 6.99. The van der Waals surface area contributed by atoms with Crippen LogP contribution in [0.2, 0.25) is 5.02 Å². The van der Waals surface area contributed by atoms with E-state index in [4.69, 9.17) is 17.3 Å². The maximum absolute atomic E-state index is 12.0. The van der Waals surface area contributed by atoms with Crippen LogP contribution in [0, 0.1) is 5.92 Å². The van der Waals surface area contributed by atoms with E-state index in [1.165, 1.54) is 18.2 Å². The molecule has 0 heterocycles. The molecular weight excluding hydrogens is 288 g/mol. The van der Waals surface area contributed by atoms with E-state index in [2.05, 4.69) is 4.72 Å². The summed E-state index contributed by atoms with van der Waals surface area (Å²) >= 11 is 5.76. The van der Waals surface area contributed by atoms with E-state index in [9.17, 15) is 13.5 Å². The third-order valence-corrected chi connectivity index (χ3v) is 4.23. The van der Waals surface area contributed by atoms with Crippen LogP contribution in [-0.4, -0.2) is 26.2 Å². The highest BCUT2D eigenvalue weighted by Gasteiger charge is 2.19. The van der Waals surface area contributed by atoms with Crippen LogP contribution in [0.5, 0.6) is 0 Å². The maximum atomic E-state index is 12.0. The number of halogens is 1. The van der Waals surface area contributed by atoms with Crippen molar-refractivity contribution in [1.82, 2.24) is 4.72 Å². The number of nitrogens with one attached hydrogen (secondary N) is 1. The van der Waals surface area contributed by atoms with Gasteiger partial charge in [-0.2, -0.15) is 0 Å². The van der Waals surface area contributed by atoms with Crippen molar-refractivity contribution in [3.05, 3.63) is 23.2 Å². The molecule has 1 aromatic rings. The highest BCUT2D eigenvalue weighted by molar-refractivity contribution is 7.89. The molecule has 19 heavy (non-hydrogen) atoms. The van der Waals surface area contributed by atoms with E-state index < -0.39 is 16.1 Å². The number of sulfonamides is 1. The van der Waals surface area contributed by atoms with E-state index in [1.54, 1.807) is 0 Å². The highest BCUT2D eigenvalue weighted by Crippen LogP contribution is 2.22. The molecule has 0 aliphatic heterocycles. The Morgan fingerprint density at radius 3 is 2.63 bits per heavy atom. The Hall–Kier alpha value is -0.820. The molecule has 1 rings (SSSR count). The summed E-state index contributed by atoms with van der Waals surface area (Å²) in [6, 6.07) is 4.24. The molecule has 0 radical (unpaired) electrons. The van der Waals surface area contributed by atoms with Crippen molar-refractivity contribution in [3.8, 4) is 0 Å². The topological polar surface area (TPSA) is 92.4 Å². The summed E-state index contributed by atoms with van der Waals surface area (Å²) in [6.07, 6.45) is -0.205. The standard InChI is InChI=1S/C12H19ClN2O3S/c1-8(2)5-10(16)7-15-19(17,18)12-6-9(13)3-4-11(12)14/h3-4,6,8,10,15-16H,5,7,14H2,1-2H3. The van der Waals surface area contributed by atoms with Crippen molar-refractivity contribution in [2.75, 3.05) is 12.3 Å². The number of nitrogen functional groups attached to an aromatic ring is 1. The van der Waals surface area contributed by atoms with Crippen molar-refractivity contribution in [1.29, 1.82) is 0 Å². The van der Waals surface area contributed by atoms with Gasteiger partial charge >= 0.3 is 0 Å². The van der Waals surface area contributed by atoms with Gasteiger partial charge in [-0.05, 0) is 30.5 Å². The van der Waals surface area contributed by atoms with Gasteiger partial charge in [0.15, 0.2) is 0 Å². The van der Waals surface area contributed by atoms with Crippen LogP contribution in [0.4, 0.5) is 5.69 Å². The zero-order valence-electron chi connectivity index (χ0n) is 10.9. The van der Waals surface area contributed by atoms with E-state index >= 15 is 0 Å². The molecule has 7 heteroatoms. The molecule has 0 spiro atoms. The van der Waals surface area contributed by atoms with Gasteiger partial charge in [-0.15, -0.1) is 0 Å². The molecule has 0 fully saturated rings. The third kappa shape index (κ3) is 4.99. The molecule has 0 amide bonds. The Labute approximate surface area is 118 Å². The largest absolute Gasteiger partial charge is 0.398 e. The molecule has 0 aromatic heterocycles.